The Bertz CT molecular complexity index is 937. The molecule has 6 nitrogen and oxygen atoms in total. The topological polar surface area (TPSA) is 79.4 Å². The number of carbonyl (C=O) groups is 1. The number of aromatic nitrogens is 1. The molecule has 1 aromatic carbocycles. The Hall–Kier alpha value is -1.77. The molecule has 0 bridgehead atoms. The monoisotopic (exact) mass is 407 g/mol. The average Bonchev–Trinajstić information content (AvgIpc) is 3.26. The first kappa shape index (κ1) is 20.0. The van der Waals surface area contributed by atoms with Crippen molar-refractivity contribution in [2.45, 2.75) is 51.0 Å². The third-order valence-electron chi connectivity index (χ3n) is 4.94. The quantitative estimate of drug-likeness (QED) is 0.798. The molecule has 27 heavy (non-hydrogen) atoms. The molecule has 2 aromatic rings. The van der Waals surface area contributed by atoms with Gasteiger partial charge in [0, 0.05) is 24.9 Å². The molecule has 8 heteroatoms. The number of nitrogens with zero attached hydrogens (tertiary/aromatic N) is 2. The van der Waals surface area contributed by atoms with Crippen molar-refractivity contribution in [1.29, 1.82) is 0 Å². The Morgan fingerprint density at radius 3 is 2.74 bits per heavy atom. The molecule has 3 rings (SSSR count). The number of hydrogen-bond acceptors (Lipinski definition) is 5. The van der Waals surface area contributed by atoms with Crippen molar-refractivity contribution in [2.24, 2.45) is 0 Å². The molecule has 0 aliphatic carbocycles. The van der Waals surface area contributed by atoms with Crippen molar-refractivity contribution in [1.82, 2.24) is 14.6 Å². The minimum absolute atomic E-state index is 0.230. The molecule has 1 amide bonds. The zero-order valence-electron chi connectivity index (χ0n) is 15.9. The van der Waals surface area contributed by atoms with E-state index in [1.807, 2.05) is 32.2 Å². The summed E-state index contributed by atoms with van der Waals surface area (Å²) in [6, 6.07) is 4.47. The van der Waals surface area contributed by atoms with Crippen LogP contribution in [0.3, 0.4) is 0 Å². The molecule has 0 spiro atoms. The normalized spacial score (nSPS) is 18.0. The Balaban J connectivity index is 1.68. The highest BCUT2D eigenvalue weighted by atomic mass is 32.2. The fourth-order valence-electron chi connectivity index (χ4n) is 3.25. The van der Waals surface area contributed by atoms with E-state index in [-0.39, 0.29) is 10.8 Å². The smallest absolute Gasteiger partial charge is 0.243 e. The van der Waals surface area contributed by atoms with E-state index >= 15 is 0 Å². The van der Waals surface area contributed by atoms with Crippen LogP contribution in [0.2, 0.25) is 0 Å². The van der Waals surface area contributed by atoms with E-state index in [9.17, 15) is 13.2 Å². The summed E-state index contributed by atoms with van der Waals surface area (Å²) in [6.07, 6.45) is 1.88. The summed E-state index contributed by atoms with van der Waals surface area (Å²) in [7, 11) is -3.68. The van der Waals surface area contributed by atoms with Gasteiger partial charge in [-0.2, -0.15) is 4.31 Å². The lowest BCUT2D eigenvalue weighted by Gasteiger charge is -2.23. The van der Waals surface area contributed by atoms with Crippen LogP contribution >= 0.6 is 11.3 Å². The van der Waals surface area contributed by atoms with E-state index in [0.29, 0.717) is 32.4 Å². The van der Waals surface area contributed by atoms with Crippen LogP contribution in [0.5, 0.6) is 0 Å². The highest BCUT2D eigenvalue weighted by Crippen LogP contribution is 2.27. The number of benzene rings is 1. The zero-order chi connectivity index (χ0) is 19.6. The molecule has 146 valence electrons. The molecule has 1 aromatic heterocycles. The molecule has 0 radical (unpaired) electrons. The van der Waals surface area contributed by atoms with Crippen LogP contribution in [0, 0.1) is 20.8 Å². The van der Waals surface area contributed by atoms with Gasteiger partial charge in [0.1, 0.15) is 6.04 Å². The van der Waals surface area contributed by atoms with Crippen LogP contribution in [0.1, 0.15) is 34.7 Å². The van der Waals surface area contributed by atoms with Crippen molar-refractivity contribution in [3.8, 4) is 0 Å². The number of hydrogen-bond donors (Lipinski definition) is 1. The van der Waals surface area contributed by atoms with Crippen molar-refractivity contribution in [2.75, 3.05) is 13.1 Å². The third-order valence-corrected chi connectivity index (χ3v) is 7.66. The van der Waals surface area contributed by atoms with Gasteiger partial charge in [0.25, 0.3) is 0 Å². The predicted octanol–water partition coefficient (Wildman–Crippen LogP) is 2.58. The summed E-state index contributed by atoms with van der Waals surface area (Å²) in [5, 5.41) is 5.85. The number of nitrogens with one attached hydrogen (secondary N) is 1. The second kappa shape index (κ2) is 8.08. The molecule has 1 aliphatic rings. The first-order valence-corrected chi connectivity index (χ1v) is 11.4. The summed E-state index contributed by atoms with van der Waals surface area (Å²) in [4.78, 5) is 17.2. The number of rotatable bonds is 6. The first-order chi connectivity index (χ1) is 12.8. The zero-order valence-corrected chi connectivity index (χ0v) is 17.5. The maximum Gasteiger partial charge on any atom is 0.243 e. The standard InChI is InChI=1S/C19H25N3O3S2/c1-13-6-7-17(11-14(13)2)27(24,25)22-10-4-5-18(22)19(23)20-9-8-16-12-26-15(3)21-16/h6-7,11-12,18H,4-5,8-10H2,1-3H3,(H,20,23)/t18-/m1/s1. The van der Waals surface area contributed by atoms with Gasteiger partial charge in [-0.1, -0.05) is 6.07 Å². The molecule has 1 N–H and O–H groups in total. The van der Waals surface area contributed by atoms with E-state index in [1.165, 1.54) is 4.31 Å². The van der Waals surface area contributed by atoms with Crippen LogP contribution in [-0.4, -0.2) is 42.7 Å². The van der Waals surface area contributed by atoms with Gasteiger partial charge in [0.2, 0.25) is 15.9 Å². The van der Waals surface area contributed by atoms with Gasteiger partial charge in [0.15, 0.2) is 0 Å². The van der Waals surface area contributed by atoms with Crippen LogP contribution in [-0.2, 0) is 21.2 Å². The fourth-order valence-corrected chi connectivity index (χ4v) is 5.64. The summed E-state index contributed by atoms with van der Waals surface area (Å²) in [5.74, 6) is -0.230. The number of sulfonamides is 1. The van der Waals surface area contributed by atoms with Gasteiger partial charge in [-0.05, 0) is 56.9 Å². The van der Waals surface area contributed by atoms with Gasteiger partial charge in [-0.25, -0.2) is 13.4 Å². The lowest BCUT2D eigenvalue weighted by atomic mass is 10.1. The van der Waals surface area contributed by atoms with E-state index < -0.39 is 16.1 Å². The first-order valence-electron chi connectivity index (χ1n) is 9.07. The van der Waals surface area contributed by atoms with Gasteiger partial charge >= 0.3 is 0 Å². The highest BCUT2D eigenvalue weighted by Gasteiger charge is 2.39. The van der Waals surface area contributed by atoms with Gasteiger partial charge in [-0.15, -0.1) is 11.3 Å². The maximum absolute atomic E-state index is 13.0. The molecular weight excluding hydrogens is 382 g/mol. The summed E-state index contributed by atoms with van der Waals surface area (Å²) in [6.45, 7) is 6.61. The molecule has 0 unspecified atom stereocenters. The summed E-state index contributed by atoms with van der Waals surface area (Å²) in [5.41, 5.74) is 2.92. The largest absolute Gasteiger partial charge is 0.354 e. The van der Waals surface area contributed by atoms with E-state index in [4.69, 9.17) is 0 Å². The molecule has 2 heterocycles. The lowest BCUT2D eigenvalue weighted by molar-refractivity contribution is -0.124. The number of carbonyl (C=O) groups excluding carboxylic acids is 1. The second-order valence-corrected chi connectivity index (χ2v) is 9.87. The number of amides is 1. The van der Waals surface area contributed by atoms with Crippen LogP contribution in [0.4, 0.5) is 0 Å². The lowest BCUT2D eigenvalue weighted by Crippen LogP contribution is -2.46. The maximum atomic E-state index is 13.0. The van der Waals surface area contributed by atoms with Crippen molar-refractivity contribution < 1.29 is 13.2 Å². The number of aryl methyl sites for hydroxylation is 3. The number of thiazole rings is 1. The van der Waals surface area contributed by atoms with Gasteiger partial charge in [-0.3, -0.25) is 4.79 Å². The van der Waals surface area contributed by atoms with E-state index in [0.717, 1.165) is 21.8 Å². The minimum atomic E-state index is -3.68. The van der Waals surface area contributed by atoms with Crippen LogP contribution in [0.25, 0.3) is 0 Å². The Morgan fingerprint density at radius 1 is 1.30 bits per heavy atom. The molecule has 1 fully saturated rings. The Labute approximate surface area is 164 Å². The van der Waals surface area contributed by atoms with E-state index in [2.05, 4.69) is 10.3 Å². The highest BCUT2D eigenvalue weighted by molar-refractivity contribution is 7.89. The third kappa shape index (κ3) is 4.39. The van der Waals surface area contributed by atoms with Crippen molar-refractivity contribution in [3.05, 3.63) is 45.4 Å². The van der Waals surface area contributed by atoms with Gasteiger partial charge < -0.3 is 5.32 Å². The summed E-state index contributed by atoms with van der Waals surface area (Å²) >= 11 is 1.58. The fraction of sp³-hybridized carbons (Fsp3) is 0.474. The van der Waals surface area contributed by atoms with Crippen molar-refractivity contribution in [3.63, 3.8) is 0 Å². The molecule has 1 aliphatic heterocycles. The molecule has 1 atom stereocenters. The summed E-state index contributed by atoms with van der Waals surface area (Å²) < 4.78 is 27.4. The Morgan fingerprint density at radius 2 is 2.07 bits per heavy atom. The second-order valence-electron chi connectivity index (χ2n) is 6.92. The molecular formula is C19H25N3O3S2. The average molecular weight is 408 g/mol. The SMILES string of the molecule is Cc1nc(CCNC(=O)[C@H]2CCCN2S(=O)(=O)c2ccc(C)c(C)c2)cs1. The Kier molecular flexibility index (Phi) is 5.98. The minimum Gasteiger partial charge on any atom is -0.354 e. The van der Waals surface area contributed by atoms with Crippen molar-refractivity contribution >= 4 is 27.3 Å². The molecule has 1 saturated heterocycles. The molecule has 0 saturated carbocycles. The predicted molar refractivity (Wildman–Crippen MR) is 106 cm³/mol. The van der Waals surface area contributed by atoms with Gasteiger partial charge in [0.05, 0.1) is 15.6 Å². The van der Waals surface area contributed by atoms with Crippen LogP contribution < -0.4 is 5.32 Å². The van der Waals surface area contributed by atoms with E-state index in [1.54, 1.807) is 23.5 Å². The van der Waals surface area contributed by atoms with Crippen LogP contribution in [0.15, 0.2) is 28.5 Å².